The lowest BCUT2D eigenvalue weighted by Gasteiger charge is -2.08. The van der Waals surface area contributed by atoms with Crippen LogP contribution >= 0.6 is 0 Å². The molecule has 1 heterocycles. The van der Waals surface area contributed by atoms with E-state index < -0.39 is 5.97 Å². The van der Waals surface area contributed by atoms with Gasteiger partial charge < -0.3 is 9.47 Å². The number of hydrogen-bond acceptors (Lipinski definition) is 6. The maximum atomic E-state index is 12.2. The zero-order valence-corrected chi connectivity index (χ0v) is 14.4. The molecule has 0 spiro atoms. The van der Waals surface area contributed by atoms with Crippen LogP contribution < -0.4 is 10.3 Å². The minimum Gasteiger partial charge on any atom is -0.494 e. The van der Waals surface area contributed by atoms with Gasteiger partial charge in [-0.1, -0.05) is 35.0 Å². The molecule has 0 N–H and O–H groups in total. The molecule has 0 aliphatic carbocycles. The molecule has 0 unspecified atom stereocenters. The quantitative estimate of drug-likeness (QED) is 0.479. The molecular weight excluding hydrogens is 334 g/mol. The van der Waals surface area contributed by atoms with Crippen molar-refractivity contribution in [3.8, 4) is 5.75 Å². The number of rotatable bonds is 7. The highest BCUT2D eigenvalue weighted by Gasteiger charge is 2.08. The Hall–Kier alpha value is -3.22. The number of nitrogens with zero attached hydrogens (tertiary/aromatic N) is 3. The third-order valence-corrected chi connectivity index (χ3v) is 3.79. The average molecular weight is 353 g/mol. The van der Waals surface area contributed by atoms with Gasteiger partial charge in [0, 0.05) is 6.42 Å². The monoisotopic (exact) mass is 353 g/mol. The van der Waals surface area contributed by atoms with Crippen molar-refractivity contribution in [2.75, 3.05) is 6.61 Å². The van der Waals surface area contributed by atoms with Crippen molar-refractivity contribution in [1.82, 2.24) is 15.0 Å². The second-order valence-electron chi connectivity index (χ2n) is 5.82. The average Bonchev–Trinajstić information content (AvgIpc) is 2.66. The van der Waals surface area contributed by atoms with E-state index in [1.807, 2.05) is 31.2 Å². The van der Waals surface area contributed by atoms with Crippen molar-refractivity contribution in [2.45, 2.75) is 26.5 Å². The lowest BCUT2D eigenvalue weighted by molar-refractivity contribution is -0.148. The second kappa shape index (κ2) is 8.24. The van der Waals surface area contributed by atoms with Crippen molar-refractivity contribution in [3.05, 3.63) is 64.4 Å². The maximum Gasteiger partial charge on any atom is 0.307 e. The van der Waals surface area contributed by atoms with Crippen LogP contribution in [0.25, 0.3) is 10.9 Å². The maximum absolute atomic E-state index is 12.2. The zero-order valence-electron chi connectivity index (χ0n) is 14.4. The van der Waals surface area contributed by atoms with Crippen LogP contribution in [0.3, 0.4) is 0 Å². The number of aromatic nitrogens is 3. The first-order valence-corrected chi connectivity index (χ1v) is 8.31. The summed E-state index contributed by atoms with van der Waals surface area (Å²) in [6, 6.07) is 14.6. The summed E-state index contributed by atoms with van der Waals surface area (Å²) in [5, 5.41) is 8.15. The lowest BCUT2D eigenvalue weighted by atomic mass is 10.2. The number of ether oxygens (including phenoxy) is 2. The van der Waals surface area contributed by atoms with E-state index in [-0.39, 0.29) is 18.7 Å². The fourth-order valence-corrected chi connectivity index (χ4v) is 2.35. The van der Waals surface area contributed by atoms with Gasteiger partial charge in [-0.25, -0.2) is 0 Å². The molecule has 2 aromatic carbocycles. The van der Waals surface area contributed by atoms with Gasteiger partial charge in [0.15, 0.2) is 6.73 Å². The highest BCUT2D eigenvalue weighted by atomic mass is 16.5. The summed E-state index contributed by atoms with van der Waals surface area (Å²) in [7, 11) is 0. The van der Waals surface area contributed by atoms with Gasteiger partial charge in [0.2, 0.25) is 0 Å². The van der Waals surface area contributed by atoms with E-state index in [0.29, 0.717) is 23.9 Å². The number of esters is 1. The van der Waals surface area contributed by atoms with Crippen LogP contribution in [0.2, 0.25) is 0 Å². The molecule has 3 aromatic rings. The molecule has 7 heteroatoms. The number of hydrogen-bond donors (Lipinski definition) is 0. The molecule has 3 rings (SSSR count). The van der Waals surface area contributed by atoms with E-state index in [2.05, 4.69) is 10.3 Å². The van der Waals surface area contributed by atoms with Crippen molar-refractivity contribution < 1.29 is 14.3 Å². The Morgan fingerprint density at radius 1 is 1.12 bits per heavy atom. The molecule has 134 valence electrons. The number of aryl methyl sites for hydroxylation is 1. The molecular formula is C19H19N3O4. The molecule has 0 atom stereocenters. The Bertz CT molecular complexity index is 951. The van der Waals surface area contributed by atoms with Gasteiger partial charge in [0.25, 0.3) is 5.56 Å². The van der Waals surface area contributed by atoms with Gasteiger partial charge in [-0.2, -0.15) is 4.68 Å². The third kappa shape index (κ3) is 4.44. The fraction of sp³-hybridized carbons (Fsp3) is 0.263. The van der Waals surface area contributed by atoms with E-state index >= 15 is 0 Å². The smallest absolute Gasteiger partial charge is 0.307 e. The summed E-state index contributed by atoms with van der Waals surface area (Å²) in [5.74, 6) is 0.348. The van der Waals surface area contributed by atoms with Crippen LogP contribution in [0.5, 0.6) is 5.75 Å². The van der Waals surface area contributed by atoms with Crippen LogP contribution in [0.4, 0.5) is 0 Å². The van der Waals surface area contributed by atoms with Crippen molar-refractivity contribution in [1.29, 1.82) is 0 Å². The molecule has 0 amide bonds. The SMILES string of the molecule is Cc1ccc(OCCCC(=O)OCn2nnc3ccccc3c2=O)cc1. The zero-order chi connectivity index (χ0) is 18.4. The Balaban J connectivity index is 1.45. The molecule has 0 aliphatic rings. The van der Waals surface area contributed by atoms with Crippen LogP contribution in [0.15, 0.2) is 53.3 Å². The van der Waals surface area contributed by atoms with Gasteiger partial charge in [0.05, 0.1) is 12.0 Å². The largest absolute Gasteiger partial charge is 0.494 e. The van der Waals surface area contributed by atoms with Crippen molar-refractivity contribution in [3.63, 3.8) is 0 Å². The van der Waals surface area contributed by atoms with Gasteiger partial charge in [-0.15, -0.1) is 5.10 Å². The summed E-state index contributed by atoms with van der Waals surface area (Å²) in [5.41, 5.74) is 1.33. The second-order valence-corrected chi connectivity index (χ2v) is 5.82. The summed E-state index contributed by atoms with van der Waals surface area (Å²) in [6.07, 6.45) is 0.715. The molecule has 0 fully saturated rings. The molecule has 0 aliphatic heterocycles. The van der Waals surface area contributed by atoms with Gasteiger partial charge in [0.1, 0.15) is 11.3 Å². The topological polar surface area (TPSA) is 83.3 Å². The fourth-order valence-electron chi connectivity index (χ4n) is 2.35. The van der Waals surface area contributed by atoms with Crippen LogP contribution in [-0.4, -0.2) is 27.6 Å². The first-order valence-electron chi connectivity index (χ1n) is 8.31. The van der Waals surface area contributed by atoms with Crippen LogP contribution in [0.1, 0.15) is 18.4 Å². The summed E-state index contributed by atoms with van der Waals surface area (Å²) in [4.78, 5) is 24.0. The van der Waals surface area contributed by atoms with Gasteiger partial charge in [-0.05, 0) is 37.6 Å². The predicted molar refractivity (Wildman–Crippen MR) is 95.8 cm³/mol. The Morgan fingerprint density at radius 2 is 1.88 bits per heavy atom. The molecule has 0 bridgehead atoms. The van der Waals surface area contributed by atoms with E-state index in [0.717, 1.165) is 16.0 Å². The van der Waals surface area contributed by atoms with Crippen LogP contribution in [-0.2, 0) is 16.3 Å². The molecule has 7 nitrogen and oxygen atoms in total. The normalized spacial score (nSPS) is 10.7. The first kappa shape index (κ1) is 17.6. The molecule has 0 saturated heterocycles. The number of fused-ring (bicyclic) bond motifs is 1. The van der Waals surface area contributed by atoms with E-state index in [9.17, 15) is 9.59 Å². The Kier molecular flexibility index (Phi) is 5.58. The predicted octanol–water partition coefficient (Wildman–Crippen LogP) is 2.46. The van der Waals surface area contributed by atoms with Crippen LogP contribution in [0, 0.1) is 6.92 Å². The minimum atomic E-state index is -0.417. The van der Waals surface area contributed by atoms with Crippen molar-refractivity contribution >= 4 is 16.9 Å². The number of benzene rings is 2. The summed E-state index contributed by atoms with van der Waals surface area (Å²) in [6.45, 7) is 2.16. The Labute approximate surface area is 150 Å². The molecule has 0 saturated carbocycles. The highest BCUT2D eigenvalue weighted by Crippen LogP contribution is 2.12. The highest BCUT2D eigenvalue weighted by molar-refractivity contribution is 5.76. The van der Waals surface area contributed by atoms with Crippen molar-refractivity contribution in [2.24, 2.45) is 0 Å². The first-order chi connectivity index (χ1) is 12.6. The number of carbonyl (C=O) groups excluding carboxylic acids is 1. The number of carbonyl (C=O) groups is 1. The summed E-state index contributed by atoms with van der Waals surface area (Å²) >= 11 is 0. The van der Waals surface area contributed by atoms with E-state index in [1.54, 1.807) is 24.3 Å². The lowest BCUT2D eigenvalue weighted by Crippen LogP contribution is -2.26. The standard InChI is InChI=1S/C19H19N3O4/c1-14-8-10-15(11-9-14)25-12-4-7-18(23)26-13-22-19(24)16-5-2-3-6-17(16)20-21-22/h2-3,5-6,8-11H,4,7,12-13H2,1H3. The van der Waals surface area contributed by atoms with E-state index in [4.69, 9.17) is 9.47 Å². The van der Waals surface area contributed by atoms with E-state index in [1.165, 1.54) is 0 Å². The molecule has 26 heavy (non-hydrogen) atoms. The molecule has 1 aromatic heterocycles. The van der Waals surface area contributed by atoms with Gasteiger partial charge in [-0.3, -0.25) is 9.59 Å². The van der Waals surface area contributed by atoms with Gasteiger partial charge >= 0.3 is 5.97 Å². The Morgan fingerprint density at radius 3 is 2.69 bits per heavy atom. The molecule has 0 radical (unpaired) electrons. The minimum absolute atomic E-state index is 0.196. The third-order valence-electron chi connectivity index (χ3n) is 3.79. The summed E-state index contributed by atoms with van der Waals surface area (Å²) < 4.78 is 11.7.